The second kappa shape index (κ2) is 9.33. The van der Waals surface area contributed by atoms with Crippen LogP contribution in [0.15, 0.2) is 54.2 Å². The van der Waals surface area contributed by atoms with Gasteiger partial charge in [-0.05, 0) is 55.7 Å². The van der Waals surface area contributed by atoms with Gasteiger partial charge >= 0.3 is 0 Å². The molecule has 1 aromatic carbocycles. The molecule has 2 heterocycles. The van der Waals surface area contributed by atoms with E-state index >= 15 is 0 Å². The van der Waals surface area contributed by atoms with Crippen molar-refractivity contribution in [2.24, 2.45) is 0 Å². The summed E-state index contributed by atoms with van der Waals surface area (Å²) in [5.41, 5.74) is 1.18. The lowest BCUT2D eigenvalue weighted by atomic mass is 9.92. The Hall–Kier alpha value is -3.15. The average molecular weight is 421 g/mol. The molecule has 4 rings (SSSR count). The monoisotopic (exact) mass is 420 g/mol. The van der Waals surface area contributed by atoms with E-state index < -0.39 is 17.7 Å². The number of pyridine rings is 1. The number of ether oxygens (including phenoxy) is 1. The van der Waals surface area contributed by atoms with Gasteiger partial charge in [0.25, 0.3) is 11.7 Å². The molecule has 6 nitrogen and oxygen atoms in total. The summed E-state index contributed by atoms with van der Waals surface area (Å²) in [5.74, 6) is -0.672. The predicted octanol–water partition coefficient (Wildman–Crippen LogP) is 4.62. The van der Waals surface area contributed by atoms with Gasteiger partial charge in [-0.25, -0.2) is 0 Å². The third kappa shape index (κ3) is 4.20. The van der Waals surface area contributed by atoms with Crippen molar-refractivity contribution >= 4 is 17.4 Å². The molecule has 1 unspecified atom stereocenters. The highest BCUT2D eigenvalue weighted by Gasteiger charge is 2.49. The van der Waals surface area contributed by atoms with Crippen LogP contribution in [0.3, 0.4) is 0 Å². The van der Waals surface area contributed by atoms with Crippen LogP contribution in [0, 0.1) is 0 Å². The van der Waals surface area contributed by atoms with Crippen molar-refractivity contribution in [1.82, 2.24) is 9.88 Å². The first-order valence-electron chi connectivity index (χ1n) is 11.1. The second-order valence-electron chi connectivity index (χ2n) is 8.13. The number of aromatic nitrogens is 1. The lowest BCUT2D eigenvalue weighted by molar-refractivity contribution is -0.141. The minimum atomic E-state index is -0.680. The van der Waals surface area contributed by atoms with Gasteiger partial charge in [-0.3, -0.25) is 14.6 Å². The quantitative estimate of drug-likeness (QED) is 0.419. The number of carbonyl (C=O) groups excluding carboxylic acids is 2. The molecule has 1 aliphatic carbocycles. The van der Waals surface area contributed by atoms with Gasteiger partial charge in [0.15, 0.2) is 0 Å². The number of hydrogen-bond donors (Lipinski definition) is 1. The van der Waals surface area contributed by atoms with E-state index in [0.29, 0.717) is 23.6 Å². The molecule has 1 aromatic heterocycles. The Morgan fingerprint density at radius 2 is 1.84 bits per heavy atom. The van der Waals surface area contributed by atoms with Crippen molar-refractivity contribution in [3.05, 3.63) is 65.5 Å². The highest BCUT2D eigenvalue weighted by molar-refractivity contribution is 6.46. The van der Waals surface area contributed by atoms with E-state index in [1.165, 1.54) is 0 Å². The minimum absolute atomic E-state index is 0.0210. The molecule has 2 fully saturated rings. The largest absolute Gasteiger partial charge is 0.507 e. The normalized spacial score (nSPS) is 21.5. The molecule has 2 aromatic rings. The zero-order valence-corrected chi connectivity index (χ0v) is 17.8. The van der Waals surface area contributed by atoms with Crippen LogP contribution in [-0.2, 0) is 9.59 Å². The van der Waals surface area contributed by atoms with Crippen molar-refractivity contribution in [1.29, 1.82) is 0 Å². The number of aliphatic hydroxyl groups excluding tert-OH is 1. The molecule has 6 heteroatoms. The van der Waals surface area contributed by atoms with Gasteiger partial charge in [-0.15, -0.1) is 0 Å². The van der Waals surface area contributed by atoms with Gasteiger partial charge in [0.2, 0.25) is 0 Å². The Labute approximate surface area is 182 Å². The Morgan fingerprint density at radius 3 is 2.48 bits per heavy atom. The molecule has 1 amide bonds. The topological polar surface area (TPSA) is 79.7 Å². The van der Waals surface area contributed by atoms with Crippen LogP contribution in [0.1, 0.15) is 62.7 Å². The minimum Gasteiger partial charge on any atom is -0.507 e. The summed E-state index contributed by atoms with van der Waals surface area (Å²) in [5, 5.41) is 11.1. The van der Waals surface area contributed by atoms with Gasteiger partial charge in [0.1, 0.15) is 17.6 Å². The summed E-state index contributed by atoms with van der Waals surface area (Å²) < 4.78 is 5.60. The van der Waals surface area contributed by atoms with Crippen LogP contribution < -0.4 is 4.74 Å². The smallest absolute Gasteiger partial charge is 0.295 e. The fourth-order valence-electron chi connectivity index (χ4n) is 4.50. The molecule has 0 bridgehead atoms. The Bertz CT molecular complexity index is 963. The third-order valence-corrected chi connectivity index (χ3v) is 6.02. The van der Waals surface area contributed by atoms with Crippen molar-refractivity contribution < 1.29 is 19.4 Å². The molecular formula is C25H28N2O4. The SMILES string of the molecule is CCCOc1ccc(/C(O)=C2/C(=O)C(=O)N(C3CCCCC3)C2c2ccccn2)cc1. The number of nitrogens with zero attached hydrogens (tertiary/aromatic N) is 2. The molecule has 1 aliphatic heterocycles. The standard InChI is InChI=1S/C25H28N2O4/c1-2-16-31-19-13-11-17(12-14-19)23(28)21-22(20-10-6-7-15-26-20)27(25(30)24(21)29)18-8-4-3-5-9-18/h6-7,10-15,18,22,28H,2-5,8-9,16H2,1H3/b23-21-. The van der Waals surface area contributed by atoms with Crippen molar-refractivity contribution in [2.75, 3.05) is 6.61 Å². The number of Topliss-reactive ketones (excluding diaryl/α,β-unsaturated/α-hetero) is 1. The lowest BCUT2D eigenvalue weighted by Crippen LogP contribution is -2.40. The summed E-state index contributed by atoms with van der Waals surface area (Å²) >= 11 is 0. The highest BCUT2D eigenvalue weighted by atomic mass is 16.5. The van der Waals surface area contributed by atoms with Gasteiger partial charge < -0.3 is 14.7 Å². The molecule has 2 aliphatic rings. The van der Waals surface area contributed by atoms with Crippen LogP contribution in [0.25, 0.3) is 5.76 Å². The lowest BCUT2D eigenvalue weighted by Gasteiger charge is -2.35. The number of likely N-dealkylation sites (tertiary alicyclic amines) is 1. The number of aliphatic hydroxyl groups is 1. The summed E-state index contributed by atoms with van der Waals surface area (Å²) in [6, 6.07) is 11.7. The second-order valence-corrected chi connectivity index (χ2v) is 8.13. The Balaban J connectivity index is 1.76. The summed E-state index contributed by atoms with van der Waals surface area (Å²) in [4.78, 5) is 32.3. The van der Waals surface area contributed by atoms with Crippen LogP contribution in [-0.4, -0.2) is 39.3 Å². The molecule has 0 radical (unpaired) electrons. The molecule has 1 N–H and O–H groups in total. The molecule has 1 saturated carbocycles. The van der Waals surface area contributed by atoms with Gasteiger partial charge in [0, 0.05) is 17.8 Å². The van der Waals surface area contributed by atoms with E-state index in [9.17, 15) is 14.7 Å². The van der Waals surface area contributed by atoms with E-state index in [4.69, 9.17) is 4.74 Å². The number of amides is 1. The number of rotatable bonds is 6. The molecule has 31 heavy (non-hydrogen) atoms. The number of ketones is 1. The van der Waals surface area contributed by atoms with Crippen molar-refractivity contribution in [3.8, 4) is 5.75 Å². The maximum atomic E-state index is 13.1. The number of carbonyl (C=O) groups is 2. The fraction of sp³-hybridized carbons (Fsp3) is 0.400. The summed E-state index contributed by atoms with van der Waals surface area (Å²) in [7, 11) is 0. The predicted molar refractivity (Wildman–Crippen MR) is 117 cm³/mol. The summed E-state index contributed by atoms with van der Waals surface area (Å²) in [6.45, 7) is 2.64. The first kappa shape index (κ1) is 21.1. The van der Waals surface area contributed by atoms with E-state index in [-0.39, 0.29) is 17.4 Å². The maximum absolute atomic E-state index is 13.1. The van der Waals surface area contributed by atoms with Crippen LogP contribution in [0.4, 0.5) is 0 Å². The molecular weight excluding hydrogens is 392 g/mol. The zero-order chi connectivity index (χ0) is 21.8. The maximum Gasteiger partial charge on any atom is 0.295 e. The van der Waals surface area contributed by atoms with Gasteiger partial charge in [0.05, 0.1) is 17.9 Å². The summed E-state index contributed by atoms with van der Waals surface area (Å²) in [6.07, 6.45) is 7.47. The first-order valence-corrected chi connectivity index (χ1v) is 11.1. The molecule has 162 valence electrons. The van der Waals surface area contributed by atoms with Crippen LogP contribution in [0.2, 0.25) is 0 Å². The van der Waals surface area contributed by atoms with E-state index in [1.54, 1.807) is 47.5 Å². The number of hydrogen-bond acceptors (Lipinski definition) is 5. The Kier molecular flexibility index (Phi) is 6.35. The molecule has 1 saturated heterocycles. The van der Waals surface area contributed by atoms with Crippen LogP contribution in [0.5, 0.6) is 5.75 Å². The average Bonchev–Trinajstić information content (AvgIpc) is 3.09. The van der Waals surface area contributed by atoms with Gasteiger partial charge in [-0.2, -0.15) is 0 Å². The van der Waals surface area contributed by atoms with E-state index in [0.717, 1.165) is 38.5 Å². The fourth-order valence-corrected chi connectivity index (χ4v) is 4.50. The number of benzene rings is 1. The highest BCUT2D eigenvalue weighted by Crippen LogP contribution is 2.42. The van der Waals surface area contributed by atoms with Crippen molar-refractivity contribution in [3.63, 3.8) is 0 Å². The van der Waals surface area contributed by atoms with E-state index in [2.05, 4.69) is 4.98 Å². The first-order chi connectivity index (χ1) is 15.1. The zero-order valence-electron chi connectivity index (χ0n) is 17.8. The Morgan fingerprint density at radius 1 is 1.10 bits per heavy atom. The van der Waals surface area contributed by atoms with Gasteiger partial charge in [-0.1, -0.05) is 32.3 Å². The molecule has 0 spiro atoms. The van der Waals surface area contributed by atoms with Crippen LogP contribution >= 0.6 is 0 Å². The van der Waals surface area contributed by atoms with E-state index in [1.807, 2.05) is 13.0 Å². The third-order valence-electron chi connectivity index (χ3n) is 6.02. The molecule has 1 atom stereocenters. The van der Waals surface area contributed by atoms with Crippen molar-refractivity contribution in [2.45, 2.75) is 57.5 Å².